The molecule has 0 bridgehead atoms. The van der Waals surface area contributed by atoms with E-state index < -0.39 is 0 Å². The van der Waals surface area contributed by atoms with Crippen LogP contribution in [-0.2, 0) is 13.7 Å². The third-order valence-electron chi connectivity index (χ3n) is 2.38. The molecule has 1 heterocycles. The van der Waals surface area contributed by atoms with Gasteiger partial charge in [-0.3, -0.25) is 4.68 Å². The van der Waals surface area contributed by atoms with Crippen LogP contribution < -0.4 is 4.74 Å². The molecule has 0 amide bonds. The van der Waals surface area contributed by atoms with E-state index in [-0.39, 0.29) is 11.7 Å². The monoisotopic (exact) mass is 278 g/mol. The molecule has 0 aliphatic heterocycles. The molecule has 0 saturated carbocycles. The van der Waals surface area contributed by atoms with E-state index in [0.717, 1.165) is 5.69 Å². The van der Waals surface area contributed by atoms with Gasteiger partial charge >= 0.3 is 0 Å². The van der Waals surface area contributed by atoms with E-state index in [2.05, 4.69) is 16.9 Å². The van der Waals surface area contributed by atoms with Gasteiger partial charge in [0, 0.05) is 13.2 Å². The van der Waals surface area contributed by atoms with Gasteiger partial charge in [0.2, 0.25) is 0 Å². The molecule has 19 heavy (non-hydrogen) atoms. The van der Waals surface area contributed by atoms with E-state index in [1.165, 1.54) is 12.1 Å². The molecule has 0 fully saturated rings. The summed E-state index contributed by atoms with van der Waals surface area (Å²) in [6, 6.07) is 6.07. The molecular weight excluding hydrogens is 267 g/mol. The van der Waals surface area contributed by atoms with Crippen molar-refractivity contribution in [3.05, 3.63) is 47.5 Å². The van der Waals surface area contributed by atoms with Crippen LogP contribution in [0.1, 0.15) is 11.3 Å². The quantitative estimate of drug-likeness (QED) is 0.638. The summed E-state index contributed by atoms with van der Waals surface area (Å²) in [5.41, 5.74) is 1.28. The molecule has 0 radical (unpaired) electrons. The Hall–Kier alpha value is -1.99. The number of alkyl halides is 1. The molecule has 1 aromatic carbocycles. The van der Waals surface area contributed by atoms with Crippen molar-refractivity contribution in [1.29, 1.82) is 0 Å². The average molecular weight is 279 g/mol. The molecule has 0 aliphatic carbocycles. The summed E-state index contributed by atoms with van der Waals surface area (Å²) in [7, 11) is 1.83. The second-order valence-electron chi connectivity index (χ2n) is 3.85. The number of ether oxygens (including phenoxy) is 1. The summed E-state index contributed by atoms with van der Waals surface area (Å²) in [5, 5.41) is 4.20. The summed E-state index contributed by atoms with van der Waals surface area (Å²) in [6.45, 7) is 0.308. The first kappa shape index (κ1) is 13.4. The summed E-state index contributed by atoms with van der Waals surface area (Å²) in [6.07, 6.45) is 1.83. The topological polar surface area (TPSA) is 27.1 Å². The van der Waals surface area contributed by atoms with E-state index in [1.807, 2.05) is 19.3 Å². The van der Waals surface area contributed by atoms with Crippen LogP contribution in [0.4, 0.5) is 4.39 Å². The highest BCUT2D eigenvalue weighted by atomic mass is 35.5. The van der Waals surface area contributed by atoms with Crippen molar-refractivity contribution >= 4 is 11.6 Å². The lowest BCUT2D eigenvalue weighted by atomic mass is 10.2. The minimum Gasteiger partial charge on any atom is -0.486 e. The van der Waals surface area contributed by atoms with Gasteiger partial charge in [-0.05, 0) is 24.3 Å². The third-order valence-corrected chi connectivity index (χ3v) is 2.51. The maximum absolute atomic E-state index is 13.2. The second kappa shape index (κ2) is 6.26. The van der Waals surface area contributed by atoms with Crippen LogP contribution in [0.2, 0.25) is 0 Å². The van der Waals surface area contributed by atoms with Gasteiger partial charge < -0.3 is 4.74 Å². The van der Waals surface area contributed by atoms with Gasteiger partial charge in [0.25, 0.3) is 0 Å². The Morgan fingerprint density at radius 3 is 2.95 bits per heavy atom. The highest BCUT2D eigenvalue weighted by molar-refractivity contribution is 6.19. The van der Waals surface area contributed by atoms with Crippen molar-refractivity contribution < 1.29 is 9.13 Å². The highest BCUT2D eigenvalue weighted by Gasteiger charge is 2.05. The molecule has 1 aromatic heterocycles. The predicted octanol–water partition coefficient (Wildman–Crippen LogP) is 2.73. The molecular formula is C14H12ClFN2O. The Balaban J connectivity index is 2.15. The zero-order valence-corrected chi connectivity index (χ0v) is 11.1. The van der Waals surface area contributed by atoms with Crippen LogP contribution in [0.5, 0.6) is 5.75 Å². The van der Waals surface area contributed by atoms with Crippen LogP contribution in [0.25, 0.3) is 0 Å². The Labute approximate surface area is 116 Å². The zero-order valence-electron chi connectivity index (χ0n) is 10.4. The van der Waals surface area contributed by atoms with Crippen molar-refractivity contribution in [3.8, 4) is 17.6 Å². The molecule has 0 spiro atoms. The molecule has 3 nitrogen and oxygen atoms in total. The molecule has 0 unspecified atom stereocenters. The average Bonchev–Trinajstić information content (AvgIpc) is 2.81. The zero-order chi connectivity index (χ0) is 13.7. The SMILES string of the molecule is Cn1ccc(COc2ccc(F)cc2C#CCCl)n1. The predicted molar refractivity (Wildman–Crippen MR) is 71.5 cm³/mol. The lowest BCUT2D eigenvalue weighted by Crippen LogP contribution is -1.99. The fraction of sp³-hybridized carbons (Fsp3) is 0.214. The smallest absolute Gasteiger partial charge is 0.135 e. The largest absolute Gasteiger partial charge is 0.486 e. The van der Waals surface area contributed by atoms with Gasteiger partial charge in [-0.2, -0.15) is 5.10 Å². The number of aromatic nitrogens is 2. The number of hydrogen-bond acceptors (Lipinski definition) is 2. The molecule has 0 atom stereocenters. The number of hydrogen-bond donors (Lipinski definition) is 0. The lowest BCUT2D eigenvalue weighted by Gasteiger charge is -2.06. The van der Waals surface area contributed by atoms with Gasteiger partial charge in [0.1, 0.15) is 18.2 Å². The first-order valence-corrected chi connectivity index (χ1v) is 6.18. The van der Waals surface area contributed by atoms with Gasteiger partial charge in [0.05, 0.1) is 17.1 Å². The lowest BCUT2D eigenvalue weighted by molar-refractivity contribution is 0.299. The summed E-state index contributed by atoms with van der Waals surface area (Å²) >= 11 is 5.50. The van der Waals surface area contributed by atoms with Gasteiger partial charge in [-0.1, -0.05) is 11.8 Å². The van der Waals surface area contributed by atoms with Crippen LogP contribution in [-0.4, -0.2) is 15.7 Å². The third kappa shape index (κ3) is 3.73. The summed E-state index contributed by atoms with van der Waals surface area (Å²) < 4.78 is 20.5. The van der Waals surface area contributed by atoms with E-state index in [0.29, 0.717) is 17.9 Å². The van der Waals surface area contributed by atoms with Crippen molar-refractivity contribution in [2.24, 2.45) is 7.05 Å². The maximum atomic E-state index is 13.2. The fourth-order valence-corrected chi connectivity index (χ4v) is 1.61. The number of benzene rings is 1. The molecule has 0 N–H and O–H groups in total. The standard InChI is InChI=1S/C14H12ClFN2O/c1-18-8-6-13(17-18)10-19-14-5-4-12(16)9-11(14)3-2-7-15/h4-6,8-9H,7,10H2,1H3. The first-order valence-electron chi connectivity index (χ1n) is 5.65. The molecule has 0 aliphatic rings. The maximum Gasteiger partial charge on any atom is 0.135 e. The minimum absolute atomic E-state index is 0.191. The summed E-state index contributed by atoms with van der Waals surface area (Å²) in [4.78, 5) is 0. The van der Waals surface area contributed by atoms with E-state index >= 15 is 0 Å². The van der Waals surface area contributed by atoms with Gasteiger partial charge in [-0.15, -0.1) is 11.6 Å². The number of nitrogens with zero attached hydrogens (tertiary/aromatic N) is 2. The summed E-state index contributed by atoms with van der Waals surface area (Å²) in [5.74, 6) is 5.81. The van der Waals surface area contributed by atoms with E-state index in [4.69, 9.17) is 16.3 Å². The van der Waals surface area contributed by atoms with Crippen molar-refractivity contribution in [1.82, 2.24) is 9.78 Å². The molecule has 5 heteroatoms. The van der Waals surface area contributed by atoms with E-state index in [1.54, 1.807) is 10.7 Å². The number of halogens is 2. The van der Waals surface area contributed by atoms with Crippen molar-refractivity contribution in [2.75, 3.05) is 5.88 Å². The Morgan fingerprint density at radius 1 is 1.42 bits per heavy atom. The normalized spacial score (nSPS) is 9.84. The van der Waals surface area contributed by atoms with Crippen LogP contribution in [0.15, 0.2) is 30.5 Å². The van der Waals surface area contributed by atoms with Gasteiger partial charge in [-0.25, -0.2) is 4.39 Å². The Kier molecular flexibility index (Phi) is 4.43. The van der Waals surface area contributed by atoms with Crippen molar-refractivity contribution in [2.45, 2.75) is 6.61 Å². The Morgan fingerprint density at radius 2 is 2.26 bits per heavy atom. The minimum atomic E-state index is -0.357. The molecule has 2 rings (SSSR count). The molecule has 0 saturated heterocycles. The van der Waals surface area contributed by atoms with Crippen molar-refractivity contribution in [3.63, 3.8) is 0 Å². The van der Waals surface area contributed by atoms with Crippen LogP contribution in [0, 0.1) is 17.7 Å². The van der Waals surface area contributed by atoms with E-state index in [9.17, 15) is 4.39 Å². The number of rotatable bonds is 3. The molecule has 98 valence electrons. The second-order valence-corrected chi connectivity index (χ2v) is 4.11. The van der Waals surface area contributed by atoms with Crippen LogP contribution >= 0.6 is 11.6 Å². The fourth-order valence-electron chi connectivity index (χ4n) is 1.55. The Bertz CT molecular complexity index is 628. The first-order chi connectivity index (χ1) is 9.19. The van der Waals surface area contributed by atoms with Crippen LogP contribution in [0.3, 0.4) is 0 Å². The van der Waals surface area contributed by atoms with Gasteiger partial charge in [0.15, 0.2) is 0 Å². The number of aryl methyl sites for hydroxylation is 1. The highest BCUT2D eigenvalue weighted by Crippen LogP contribution is 2.19. The molecule has 2 aromatic rings.